The molecule has 132 valence electrons. The summed E-state index contributed by atoms with van der Waals surface area (Å²) in [7, 11) is 0. The van der Waals surface area contributed by atoms with Gasteiger partial charge in [0.05, 0.1) is 0 Å². The van der Waals surface area contributed by atoms with Gasteiger partial charge in [0.15, 0.2) is 5.65 Å². The van der Waals surface area contributed by atoms with Crippen molar-refractivity contribution < 1.29 is 4.39 Å². The van der Waals surface area contributed by atoms with Gasteiger partial charge in [-0.05, 0) is 49.6 Å². The van der Waals surface area contributed by atoms with Crippen molar-refractivity contribution >= 4 is 29.6 Å². The molecular formula is C19H22FIN4. The zero-order valence-electron chi connectivity index (χ0n) is 14.0. The van der Waals surface area contributed by atoms with Crippen LogP contribution in [0.4, 0.5) is 4.39 Å². The van der Waals surface area contributed by atoms with E-state index < -0.39 is 0 Å². The van der Waals surface area contributed by atoms with Crippen molar-refractivity contribution in [2.24, 2.45) is 0 Å². The highest BCUT2D eigenvalue weighted by Crippen LogP contribution is 2.26. The number of fused-ring (bicyclic) bond motifs is 1. The summed E-state index contributed by atoms with van der Waals surface area (Å²) in [4.78, 5) is 2.42. The quantitative estimate of drug-likeness (QED) is 0.563. The van der Waals surface area contributed by atoms with Crippen LogP contribution in [-0.2, 0) is 6.42 Å². The van der Waals surface area contributed by atoms with Gasteiger partial charge in [0.1, 0.15) is 11.6 Å². The van der Waals surface area contributed by atoms with Crippen LogP contribution >= 0.6 is 24.0 Å². The first-order valence-electron chi connectivity index (χ1n) is 8.57. The average Bonchev–Trinajstić information content (AvgIpc) is 3.05. The second kappa shape index (κ2) is 8.23. The van der Waals surface area contributed by atoms with Gasteiger partial charge in [0.25, 0.3) is 0 Å². The maximum Gasteiger partial charge on any atom is 0.160 e. The predicted octanol–water partition coefficient (Wildman–Crippen LogP) is 3.91. The number of halogens is 2. The zero-order chi connectivity index (χ0) is 16.4. The number of piperidine rings is 1. The highest BCUT2D eigenvalue weighted by atomic mass is 127. The Balaban J connectivity index is 0.00000182. The fourth-order valence-electron chi connectivity index (χ4n) is 3.59. The molecular weight excluding hydrogens is 430 g/mol. The molecule has 0 radical (unpaired) electrons. The van der Waals surface area contributed by atoms with Crippen LogP contribution < -0.4 is 0 Å². The molecule has 0 N–H and O–H groups in total. The van der Waals surface area contributed by atoms with Crippen molar-refractivity contribution in [2.45, 2.75) is 25.2 Å². The summed E-state index contributed by atoms with van der Waals surface area (Å²) in [6, 6.07) is 13.0. The van der Waals surface area contributed by atoms with Gasteiger partial charge >= 0.3 is 0 Å². The Kier molecular flexibility index (Phi) is 6.01. The zero-order valence-corrected chi connectivity index (χ0v) is 16.3. The van der Waals surface area contributed by atoms with E-state index in [4.69, 9.17) is 0 Å². The third-order valence-corrected chi connectivity index (χ3v) is 4.87. The van der Waals surface area contributed by atoms with E-state index in [-0.39, 0.29) is 29.8 Å². The van der Waals surface area contributed by atoms with Gasteiger partial charge in [-0.1, -0.05) is 24.3 Å². The highest BCUT2D eigenvalue weighted by molar-refractivity contribution is 14.0. The molecule has 1 aromatic carbocycles. The van der Waals surface area contributed by atoms with E-state index in [9.17, 15) is 4.39 Å². The molecule has 6 heteroatoms. The summed E-state index contributed by atoms with van der Waals surface area (Å²) >= 11 is 0. The van der Waals surface area contributed by atoms with Gasteiger partial charge in [0, 0.05) is 25.2 Å². The first-order valence-corrected chi connectivity index (χ1v) is 8.57. The number of likely N-dealkylation sites (tertiary alicyclic amines) is 1. The van der Waals surface area contributed by atoms with E-state index in [1.54, 1.807) is 6.07 Å². The van der Waals surface area contributed by atoms with Crippen LogP contribution in [0.5, 0.6) is 0 Å². The summed E-state index contributed by atoms with van der Waals surface area (Å²) in [6.07, 6.45) is 5.05. The Morgan fingerprint density at radius 3 is 2.80 bits per heavy atom. The molecule has 0 bridgehead atoms. The maximum atomic E-state index is 13.8. The number of benzene rings is 1. The second-order valence-electron chi connectivity index (χ2n) is 6.47. The van der Waals surface area contributed by atoms with Crippen molar-refractivity contribution in [3.05, 3.63) is 65.9 Å². The van der Waals surface area contributed by atoms with Crippen LogP contribution in [0.1, 0.15) is 30.1 Å². The van der Waals surface area contributed by atoms with Crippen LogP contribution in [0.15, 0.2) is 48.7 Å². The normalized spacial score (nSPS) is 18.2. The molecule has 1 atom stereocenters. The lowest BCUT2D eigenvalue weighted by molar-refractivity contribution is 0.205. The number of nitrogens with zero attached hydrogens (tertiary/aromatic N) is 4. The standard InChI is InChI=1S/C19H21FN4.HI/c20-17-8-2-1-6-15(17)10-13-23-11-5-7-16(14-23)19-22-21-18-9-3-4-12-24(18)19;/h1-4,6,8-9,12,16H,5,7,10-11,13-14H2;1H. The van der Waals surface area contributed by atoms with Gasteiger partial charge in [-0.25, -0.2) is 4.39 Å². The molecule has 0 spiro atoms. The molecule has 0 amide bonds. The Morgan fingerprint density at radius 1 is 1.08 bits per heavy atom. The minimum atomic E-state index is -0.102. The first kappa shape index (κ1) is 18.3. The molecule has 25 heavy (non-hydrogen) atoms. The van der Waals surface area contributed by atoms with E-state index in [1.165, 1.54) is 6.07 Å². The molecule has 0 aliphatic carbocycles. The van der Waals surface area contributed by atoms with E-state index in [2.05, 4.69) is 19.5 Å². The summed E-state index contributed by atoms with van der Waals surface area (Å²) in [5.74, 6) is 1.33. The Morgan fingerprint density at radius 2 is 1.92 bits per heavy atom. The third-order valence-electron chi connectivity index (χ3n) is 4.87. The fraction of sp³-hybridized carbons (Fsp3) is 0.368. The number of aromatic nitrogens is 3. The summed E-state index contributed by atoms with van der Waals surface area (Å²) in [6.45, 7) is 2.92. The SMILES string of the molecule is Fc1ccccc1CCN1CCCC(c2nnc3ccccn23)C1.I. The van der Waals surface area contributed by atoms with Gasteiger partial charge in [-0.3, -0.25) is 4.40 Å². The summed E-state index contributed by atoms with van der Waals surface area (Å²) in [5, 5.41) is 8.68. The lowest BCUT2D eigenvalue weighted by atomic mass is 9.96. The van der Waals surface area contributed by atoms with Gasteiger partial charge < -0.3 is 4.90 Å². The number of rotatable bonds is 4. The molecule has 1 saturated heterocycles. The Labute approximate surface area is 164 Å². The topological polar surface area (TPSA) is 33.4 Å². The first-order chi connectivity index (χ1) is 11.8. The third kappa shape index (κ3) is 4.00. The minimum Gasteiger partial charge on any atom is -0.302 e. The maximum absolute atomic E-state index is 13.8. The van der Waals surface area contributed by atoms with Crippen LogP contribution in [0.25, 0.3) is 5.65 Å². The lowest BCUT2D eigenvalue weighted by Gasteiger charge is -2.31. The molecule has 2 aromatic heterocycles. The van der Waals surface area contributed by atoms with Crippen LogP contribution in [0.3, 0.4) is 0 Å². The molecule has 3 aromatic rings. The van der Waals surface area contributed by atoms with Crippen molar-refractivity contribution in [2.75, 3.05) is 19.6 Å². The molecule has 3 heterocycles. The van der Waals surface area contributed by atoms with E-state index in [0.717, 1.165) is 55.9 Å². The monoisotopic (exact) mass is 452 g/mol. The van der Waals surface area contributed by atoms with Gasteiger partial charge in [-0.2, -0.15) is 0 Å². The molecule has 0 saturated carbocycles. The number of pyridine rings is 1. The van der Waals surface area contributed by atoms with Crippen molar-refractivity contribution in [1.82, 2.24) is 19.5 Å². The molecule has 1 aliphatic heterocycles. The molecule has 4 rings (SSSR count). The van der Waals surface area contributed by atoms with Gasteiger partial charge in [0.2, 0.25) is 0 Å². The molecule has 1 fully saturated rings. The smallest absolute Gasteiger partial charge is 0.160 e. The molecule has 1 aliphatic rings. The highest BCUT2D eigenvalue weighted by Gasteiger charge is 2.25. The van der Waals surface area contributed by atoms with Crippen molar-refractivity contribution in [3.8, 4) is 0 Å². The van der Waals surface area contributed by atoms with E-state index in [1.807, 2.05) is 36.5 Å². The lowest BCUT2D eigenvalue weighted by Crippen LogP contribution is -2.36. The largest absolute Gasteiger partial charge is 0.302 e. The molecule has 4 nitrogen and oxygen atoms in total. The Bertz CT molecular complexity index is 835. The molecule has 1 unspecified atom stereocenters. The van der Waals surface area contributed by atoms with Crippen molar-refractivity contribution in [3.63, 3.8) is 0 Å². The number of hydrogen-bond donors (Lipinski definition) is 0. The minimum absolute atomic E-state index is 0. The van der Waals surface area contributed by atoms with Crippen LogP contribution in [0, 0.1) is 5.82 Å². The predicted molar refractivity (Wildman–Crippen MR) is 107 cm³/mol. The fourth-order valence-corrected chi connectivity index (χ4v) is 3.59. The number of hydrogen-bond acceptors (Lipinski definition) is 3. The summed E-state index contributed by atoms with van der Waals surface area (Å²) < 4.78 is 15.9. The van der Waals surface area contributed by atoms with Crippen LogP contribution in [-0.4, -0.2) is 39.1 Å². The van der Waals surface area contributed by atoms with E-state index >= 15 is 0 Å². The van der Waals surface area contributed by atoms with Crippen LogP contribution in [0.2, 0.25) is 0 Å². The Hall–Kier alpha value is -1.54. The summed E-state index contributed by atoms with van der Waals surface area (Å²) in [5.41, 5.74) is 1.70. The average molecular weight is 452 g/mol. The van der Waals surface area contributed by atoms with Crippen molar-refractivity contribution in [1.29, 1.82) is 0 Å². The van der Waals surface area contributed by atoms with Gasteiger partial charge in [-0.15, -0.1) is 34.2 Å². The second-order valence-corrected chi connectivity index (χ2v) is 6.47. The van der Waals surface area contributed by atoms with E-state index in [0.29, 0.717) is 5.92 Å².